The number of unbranched alkanes of at least 4 members (excludes halogenated alkanes) is 10. The van der Waals surface area contributed by atoms with Crippen molar-refractivity contribution >= 4 is 29.8 Å². The SMILES string of the molecule is CC/C=C\CCCCCCCC(=O)OCC(COC(=O)CCCCCCC/C=C\CC(C)CC(C)C)OC(=O)CC(C)C(C)(C)CC(C)CCC(C)CC(=O)OCCCC(=O)O. The van der Waals surface area contributed by atoms with E-state index in [0.29, 0.717) is 31.6 Å². The molecule has 0 saturated heterocycles. The van der Waals surface area contributed by atoms with Crippen molar-refractivity contribution in [2.24, 2.45) is 35.0 Å². The Morgan fingerprint density at radius 2 is 1.10 bits per heavy atom. The third-order valence-corrected chi connectivity index (χ3v) is 11.8. The summed E-state index contributed by atoms with van der Waals surface area (Å²) in [4.78, 5) is 61.5. The fraction of sp³-hybridized carbons (Fsp3) is 0.827. The number of carboxylic acids is 1. The molecule has 0 bridgehead atoms. The van der Waals surface area contributed by atoms with Crippen LogP contribution in [0.4, 0.5) is 0 Å². The van der Waals surface area contributed by atoms with Crippen LogP contribution in [0.15, 0.2) is 24.3 Å². The first kappa shape index (κ1) is 58.8. The number of allylic oxidation sites excluding steroid dienone is 4. The quantitative estimate of drug-likeness (QED) is 0.0273. The fourth-order valence-corrected chi connectivity index (χ4v) is 7.77. The van der Waals surface area contributed by atoms with Crippen LogP contribution in [0.3, 0.4) is 0 Å². The summed E-state index contributed by atoms with van der Waals surface area (Å²) < 4.78 is 22.1. The van der Waals surface area contributed by atoms with E-state index >= 15 is 0 Å². The van der Waals surface area contributed by atoms with Crippen LogP contribution in [0.5, 0.6) is 0 Å². The zero-order valence-electron chi connectivity index (χ0n) is 41.0. The van der Waals surface area contributed by atoms with Crippen LogP contribution < -0.4 is 0 Å². The van der Waals surface area contributed by atoms with E-state index in [9.17, 15) is 24.0 Å². The predicted octanol–water partition coefficient (Wildman–Crippen LogP) is 13.3. The molecule has 10 nitrogen and oxygen atoms in total. The topological polar surface area (TPSA) is 142 Å². The second-order valence-electron chi connectivity index (χ2n) is 19.4. The first-order valence-corrected chi connectivity index (χ1v) is 24.6. The Hall–Kier alpha value is -3.17. The fourth-order valence-electron chi connectivity index (χ4n) is 7.77. The molecule has 0 amide bonds. The van der Waals surface area contributed by atoms with Crippen molar-refractivity contribution in [1.82, 2.24) is 0 Å². The summed E-state index contributed by atoms with van der Waals surface area (Å²) >= 11 is 0. The van der Waals surface area contributed by atoms with Crippen molar-refractivity contribution in [2.45, 2.75) is 223 Å². The molecular weight excluding hydrogens is 785 g/mol. The number of aliphatic carboxylic acids is 1. The van der Waals surface area contributed by atoms with E-state index in [-0.39, 0.29) is 67.8 Å². The molecule has 0 aromatic carbocycles. The molecular formula is C52H92O10. The second-order valence-corrected chi connectivity index (χ2v) is 19.4. The number of ether oxygens (including phenoxy) is 4. The molecule has 5 unspecified atom stereocenters. The molecule has 0 aliphatic heterocycles. The molecule has 0 aliphatic carbocycles. The van der Waals surface area contributed by atoms with Crippen LogP contribution in [0.1, 0.15) is 216 Å². The molecule has 0 aliphatic rings. The molecule has 5 atom stereocenters. The standard InChI is InChI=1S/C52H92O10/c1-10-11-12-13-14-15-19-22-25-30-48(55)60-39-46(40-61-49(56)31-26-23-20-17-16-18-21-24-28-42(4)35-41(2)3)62-51(58)37-45(7)52(8,9)38-44(6)33-32-43(5)36-50(57)59-34-27-29-47(53)54/h11-12,21,24,41-46H,10,13-20,22-23,25-40H2,1-9H3,(H,53,54)/b12-11-,24-21-. The van der Waals surface area contributed by atoms with Gasteiger partial charge in [-0.05, 0) is 112 Å². The number of carbonyl (C=O) groups excluding carboxylic acids is 4. The van der Waals surface area contributed by atoms with Gasteiger partial charge >= 0.3 is 29.8 Å². The van der Waals surface area contributed by atoms with Gasteiger partial charge in [-0.25, -0.2) is 0 Å². The summed E-state index contributed by atoms with van der Waals surface area (Å²) in [5.41, 5.74) is -0.187. The molecule has 0 aromatic heterocycles. The summed E-state index contributed by atoms with van der Waals surface area (Å²) in [7, 11) is 0. The third kappa shape index (κ3) is 36.3. The minimum atomic E-state index is -0.904. The van der Waals surface area contributed by atoms with E-state index in [1.165, 1.54) is 6.42 Å². The van der Waals surface area contributed by atoms with E-state index in [0.717, 1.165) is 121 Å². The van der Waals surface area contributed by atoms with E-state index in [1.807, 2.05) is 13.8 Å². The van der Waals surface area contributed by atoms with Gasteiger partial charge in [0.1, 0.15) is 13.2 Å². The van der Waals surface area contributed by atoms with Gasteiger partial charge in [-0.15, -0.1) is 0 Å². The van der Waals surface area contributed by atoms with Crippen LogP contribution in [-0.2, 0) is 42.9 Å². The smallest absolute Gasteiger partial charge is 0.306 e. The van der Waals surface area contributed by atoms with Crippen LogP contribution in [0, 0.1) is 35.0 Å². The van der Waals surface area contributed by atoms with Gasteiger partial charge in [-0.2, -0.15) is 0 Å². The van der Waals surface area contributed by atoms with Gasteiger partial charge in [0.25, 0.3) is 0 Å². The van der Waals surface area contributed by atoms with Crippen molar-refractivity contribution < 1.29 is 48.0 Å². The minimum absolute atomic E-state index is 0.0153. The highest BCUT2D eigenvalue weighted by atomic mass is 16.6. The molecule has 10 heteroatoms. The number of rotatable bonds is 40. The molecule has 0 rings (SSSR count). The Labute approximate surface area is 378 Å². The van der Waals surface area contributed by atoms with E-state index in [1.54, 1.807) is 0 Å². The minimum Gasteiger partial charge on any atom is -0.481 e. The Balaban J connectivity index is 4.94. The third-order valence-electron chi connectivity index (χ3n) is 11.8. The maximum Gasteiger partial charge on any atom is 0.306 e. The van der Waals surface area contributed by atoms with Crippen molar-refractivity contribution in [3.63, 3.8) is 0 Å². The summed E-state index contributed by atoms with van der Waals surface area (Å²) in [6, 6.07) is 0. The molecule has 360 valence electrons. The maximum absolute atomic E-state index is 13.3. The largest absolute Gasteiger partial charge is 0.481 e. The first-order chi connectivity index (χ1) is 29.4. The zero-order chi connectivity index (χ0) is 46.6. The van der Waals surface area contributed by atoms with Crippen molar-refractivity contribution in [3.8, 4) is 0 Å². The maximum atomic E-state index is 13.3. The highest BCUT2D eigenvalue weighted by Crippen LogP contribution is 2.37. The first-order valence-electron chi connectivity index (χ1n) is 24.6. The van der Waals surface area contributed by atoms with Gasteiger partial charge in [-0.1, -0.05) is 132 Å². The van der Waals surface area contributed by atoms with Crippen LogP contribution in [0.25, 0.3) is 0 Å². The van der Waals surface area contributed by atoms with Crippen molar-refractivity contribution in [2.75, 3.05) is 19.8 Å². The summed E-state index contributed by atoms with van der Waals surface area (Å²) in [5, 5.41) is 8.75. The van der Waals surface area contributed by atoms with Gasteiger partial charge < -0.3 is 24.1 Å². The van der Waals surface area contributed by atoms with Crippen molar-refractivity contribution in [1.29, 1.82) is 0 Å². The van der Waals surface area contributed by atoms with Gasteiger partial charge in [0.2, 0.25) is 0 Å². The zero-order valence-corrected chi connectivity index (χ0v) is 41.0. The lowest BCUT2D eigenvalue weighted by Gasteiger charge is -2.34. The van der Waals surface area contributed by atoms with Crippen LogP contribution in [0.2, 0.25) is 0 Å². The van der Waals surface area contributed by atoms with E-state index < -0.39 is 18.0 Å². The Bertz CT molecular complexity index is 1250. The lowest BCUT2D eigenvalue weighted by molar-refractivity contribution is -0.168. The van der Waals surface area contributed by atoms with Gasteiger partial charge in [-0.3, -0.25) is 24.0 Å². The molecule has 0 aromatic rings. The molecule has 0 fully saturated rings. The van der Waals surface area contributed by atoms with E-state index in [4.69, 9.17) is 24.1 Å². The molecule has 0 radical (unpaired) electrons. The summed E-state index contributed by atoms with van der Waals surface area (Å²) in [6.07, 6.45) is 27.9. The molecule has 1 N–H and O–H groups in total. The number of carbonyl (C=O) groups is 5. The summed E-state index contributed by atoms with van der Waals surface area (Å²) in [6.45, 7) is 19.3. The molecule has 0 saturated carbocycles. The van der Waals surface area contributed by atoms with Gasteiger partial charge in [0, 0.05) is 32.1 Å². The van der Waals surface area contributed by atoms with E-state index in [2.05, 4.69) is 72.8 Å². The highest BCUT2D eigenvalue weighted by molar-refractivity contribution is 5.71. The van der Waals surface area contributed by atoms with Crippen LogP contribution >= 0.6 is 0 Å². The molecule has 0 spiro atoms. The molecule has 0 heterocycles. The normalized spacial score (nSPS) is 14.4. The Kier molecular flexibility index (Phi) is 35.3. The summed E-state index contributed by atoms with van der Waals surface area (Å²) in [5.74, 6) is -0.369. The van der Waals surface area contributed by atoms with Gasteiger partial charge in [0.05, 0.1) is 6.61 Å². The lowest BCUT2D eigenvalue weighted by atomic mass is 9.71. The lowest BCUT2D eigenvalue weighted by Crippen LogP contribution is -2.33. The number of hydrogen-bond donors (Lipinski definition) is 1. The predicted molar refractivity (Wildman–Crippen MR) is 250 cm³/mol. The number of hydrogen-bond acceptors (Lipinski definition) is 9. The second kappa shape index (κ2) is 37.2. The van der Waals surface area contributed by atoms with Gasteiger partial charge in [0.15, 0.2) is 6.10 Å². The van der Waals surface area contributed by atoms with Crippen molar-refractivity contribution in [3.05, 3.63) is 24.3 Å². The number of carboxylic acid groups (broad SMARTS) is 1. The van der Waals surface area contributed by atoms with Crippen LogP contribution in [-0.4, -0.2) is 60.9 Å². The Morgan fingerprint density at radius 1 is 0.565 bits per heavy atom. The monoisotopic (exact) mass is 877 g/mol. The average molecular weight is 877 g/mol. The molecule has 62 heavy (non-hydrogen) atoms. The highest BCUT2D eigenvalue weighted by Gasteiger charge is 2.31. The average Bonchev–Trinajstić information content (AvgIpc) is 3.19. The Morgan fingerprint density at radius 3 is 1.65 bits per heavy atom. The number of esters is 4.